The molecular weight excluding hydrogens is 931 g/mol. The molecule has 2 unspecified atom stereocenters. The maximum atomic E-state index is 14.7. The first kappa shape index (κ1) is 62.0. The Kier molecular flexibility index (Phi) is 25.9. The van der Waals surface area contributed by atoms with E-state index in [0.29, 0.717) is 25.8 Å². The zero-order chi connectivity index (χ0) is 54.6. The Labute approximate surface area is 425 Å². The van der Waals surface area contributed by atoms with E-state index in [9.17, 15) is 43.2 Å². The van der Waals surface area contributed by atoms with Crippen molar-refractivity contribution in [2.75, 3.05) is 55.1 Å². The fourth-order valence-electron chi connectivity index (χ4n) is 9.38. The molecule has 1 aromatic carbocycles. The van der Waals surface area contributed by atoms with Gasteiger partial charge >= 0.3 is 11.9 Å². The summed E-state index contributed by atoms with van der Waals surface area (Å²) in [6.07, 6.45) is 4.98. The van der Waals surface area contributed by atoms with E-state index in [1.807, 2.05) is 50.1 Å². The standard InChI is InChI=1S/C52H81N7O13/c1-15-33(7)46(39(70-12)30-42(62)59-26-20-23-38(59)47(71-13)34(8)48(65)54-37(52(69)72-14)29-36-21-18-17-19-22-36)57(11)51(68)44(31(3)4)55-49(66)45(32(5)6)56(10)50(67)35(9)53-40(60)24-27-58(41(61)16-2)28-25-43(63)64/h2,17-19,21-22,31-35,37-39,44-47H,15,20,23-30H2,1,3-14H3,(H,53,60)(H,54,65)(H,55,66)(H,63,64)/t33-,34+,35?,37-,38-,39+,44-,45+,46?,47+/m0/s1. The minimum Gasteiger partial charge on any atom is -0.481 e. The highest BCUT2D eigenvalue weighted by Crippen LogP contribution is 2.30. The molecule has 72 heavy (non-hydrogen) atoms. The van der Waals surface area contributed by atoms with Crippen LogP contribution < -0.4 is 16.0 Å². The van der Waals surface area contributed by atoms with Crippen LogP contribution in [0.25, 0.3) is 0 Å². The van der Waals surface area contributed by atoms with Crippen LogP contribution in [0, 0.1) is 36.0 Å². The van der Waals surface area contributed by atoms with E-state index in [2.05, 4.69) is 16.0 Å². The van der Waals surface area contributed by atoms with E-state index in [0.717, 1.165) is 10.5 Å². The van der Waals surface area contributed by atoms with Crippen molar-refractivity contribution in [1.82, 2.24) is 35.6 Å². The van der Waals surface area contributed by atoms with E-state index < -0.39 is 114 Å². The van der Waals surface area contributed by atoms with Gasteiger partial charge in [-0.2, -0.15) is 0 Å². The number of hydrogen-bond donors (Lipinski definition) is 4. The van der Waals surface area contributed by atoms with Gasteiger partial charge in [0.1, 0.15) is 24.2 Å². The number of carbonyl (C=O) groups is 9. The molecule has 0 aliphatic carbocycles. The van der Waals surface area contributed by atoms with E-state index >= 15 is 0 Å². The average Bonchev–Trinajstić information content (AvgIpc) is 3.83. The Hall–Kier alpha value is -6.07. The highest BCUT2D eigenvalue weighted by Gasteiger charge is 2.44. The summed E-state index contributed by atoms with van der Waals surface area (Å²) >= 11 is 0. The van der Waals surface area contributed by atoms with Gasteiger partial charge in [-0.05, 0) is 49.0 Å². The monoisotopic (exact) mass is 1010 g/mol. The van der Waals surface area contributed by atoms with Gasteiger partial charge in [0.2, 0.25) is 35.4 Å². The van der Waals surface area contributed by atoms with Crippen molar-refractivity contribution in [3.8, 4) is 12.3 Å². The van der Waals surface area contributed by atoms with Crippen molar-refractivity contribution in [3.05, 3.63) is 35.9 Å². The molecular formula is C52H81N7O13. The molecule has 20 nitrogen and oxygen atoms in total. The molecule has 1 heterocycles. The van der Waals surface area contributed by atoms with Gasteiger partial charge in [-0.25, -0.2) is 4.79 Å². The number of esters is 1. The number of benzene rings is 1. The largest absolute Gasteiger partial charge is 0.481 e. The number of nitrogens with zero attached hydrogens (tertiary/aromatic N) is 4. The topological polar surface area (TPSA) is 251 Å². The van der Waals surface area contributed by atoms with Gasteiger partial charge in [0.25, 0.3) is 5.91 Å². The fourth-order valence-corrected chi connectivity index (χ4v) is 9.38. The third-order valence-corrected chi connectivity index (χ3v) is 13.6. The van der Waals surface area contributed by atoms with Crippen molar-refractivity contribution in [1.29, 1.82) is 0 Å². The van der Waals surface area contributed by atoms with Crippen LogP contribution in [0.3, 0.4) is 0 Å². The van der Waals surface area contributed by atoms with Crippen LogP contribution in [-0.2, 0) is 63.8 Å². The summed E-state index contributed by atoms with van der Waals surface area (Å²) in [5, 5.41) is 17.3. The summed E-state index contributed by atoms with van der Waals surface area (Å²) in [4.78, 5) is 125. The van der Waals surface area contributed by atoms with Crippen LogP contribution in [0.5, 0.6) is 0 Å². The maximum Gasteiger partial charge on any atom is 0.328 e. The molecule has 0 saturated carbocycles. The molecule has 10 atom stereocenters. The third-order valence-electron chi connectivity index (χ3n) is 13.6. The molecule has 1 aromatic rings. The average molecular weight is 1010 g/mol. The second-order valence-corrected chi connectivity index (χ2v) is 19.4. The van der Waals surface area contributed by atoms with Crippen molar-refractivity contribution in [2.24, 2.45) is 23.7 Å². The quantitative estimate of drug-likeness (QED) is 0.0665. The molecule has 1 aliphatic heterocycles. The van der Waals surface area contributed by atoms with Crippen LogP contribution >= 0.6 is 0 Å². The van der Waals surface area contributed by atoms with Crippen LogP contribution in [0.2, 0.25) is 0 Å². The number of carbonyl (C=O) groups excluding carboxylic acids is 8. The first-order valence-electron chi connectivity index (χ1n) is 24.8. The Morgan fingerprint density at radius 3 is 1.97 bits per heavy atom. The minimum absolute atomic E-state index is 0.111. The summed E-state index contributed by atoms with van der Waals surface area (Å²) < 4.78 is 17.0. The third kappa shape index (κ3) is 17.6. The molecule has 0 bridgehead atoms. The Balaban J connectivity index is 2.27. The second kappa shape index (κ2) is 30.1. The minimum atomic E-state index is -1.15. The normalized spacial score (nSPS) is 17.1. The lowest BCUT2D eigenvalue weighted by atomic mass is 9.89. The van der Waals surface area contributed by atoms with Gasteiger partial charge in [-0.1, -0.05) is 85.2 Å². The second-order valence-electron chi connectivity index (χ2n) is 19.4. The molecule has 0 spiro atoms. The molecule has 20 heteroatoms. The number of carboxylic acid groups (broad SMARTS) is 1. The SMILES string of the molecule is C#CC(=O)N(CCC(=O)O)CCC(=O)NC(C)C(=O)N(C)[C@@H](C(=O)N[C@H](C(=O)N(C)C([C@@H](C)CC)[C@@H](CC(=O)N1CCC[C@H]1[C@H](OC)[C@@H](C)C(=O)N[C@@H](Cc1ccccc1)C(=O)OC)OC)C(C)C)C(C)C. The predicted molar refractivity (Wildman–Crippen MR) is 268 cm³/mol. The van der Waals surface area contributed by atoms with Gasteiger partial charge in [0.05, 0.1) is 50.2 Å². The van der Waals surface area contributed by atoms with Crippen LogP contribution in [-0.4, -0.2) is 182 Å². The molecule has 0 aromatic heterocycles. The zero-order valence-corrected chi connectivity index (χ0v) is 44.6. The van der Waals surface area contributed by atoms with Crippen molar-refractivity contribution in [2.45, 2.75) is 149 Å². The fraction of sp³-hybridized carbons (Fsp3) is 0.673. The number of likely N-dealkylation sites (N-methyl/N-ethyl adjacent to an activating group) is 2. The highest BCUT2D eigenvalue weighted by molar-refractivity contribution is 5.95. The predicted octanol–water partition coefficient (Wildman–Crippen LogP) is 2.26. The van der Waals surface area contributed by atoms with E-state index in [1.165, 1.54) is 45.1 Å². The number of nitrogens with one attached hydrogen (secondary N) is 3. The number of carboxylic acids is 1. The lowest BCUT2D eigenvalue weighted by Gasteiger charge is -2.41. The van der Waals surface area contributed by atoms with Gasteiger partial charge in [-0.3, -0.25) is 38.4 Å². The number of likely N-dealkylation sites (tertiary alicyclic amines) is 1. The zero-order valence-electron chi connectivity index (χ0n) is 44.6. The molecule has 4 N–H and O–H groups in total. The molecule has 1 saturated heterocycles. The summed E-state index contributed by atoms with van der Waals surface area (Å²) in [5.41, 5.74) is 0.836. The van der Waals surface area contributed by atoms with Crippen molar-refractivity contribution >= 4 is 53.3 Å². The number of rotatable bonds is 29. The number of amides is 7. The number of aliphatic carboxylic acids is 1. The van der Waals surface area contributed by atoms with Gasteiger partial charge in [0, 0.05) is 60.8 Å². The lowest BCUT2D eigenvalue weighted by molar-refractivity contribution is -0.149. The lowest BCUT2D eigenvalue weighted by Crippen LogP contribution is -2.61. The molecule has 402 valence electrons. The molecule has 1 aliphatic rings. The summed E-state index contributed by atoms with van der Waals surface area (Å²) in [6, 6.07) is 3.93. The number of methoxy groups -OCH3 is 3. The number of hydrogen-bond acceptors (Lipinski definition) is 12. The maximum absolute atomic E-state index is 14.7. The van der Waals surface area contributed by atoms with Gasteiger partial charge in [-0.15, -0.1) is 6.42 Å². The first-order chi connectivity index (χ1) is 33.9. The van der Waals surface area contributed by atoms with E-state index in [1.54, 1.807) is 46.6 Å². The first-order valence-corrected chi connectivity index (χ1v) is 24.8. The van der Waals surface area contributed by atoms with Crippen molar-refractivity contribution in [3.63, 3.8) is 0 Å². The van der Waals surface area contributed by atoms with Crippen LogP contribution in [0.4, 0.5) is 0 Å². The number of terminal acetylenes is 1. The van der Waals surface area contributed by atoms with Crippen LogP contribution in [0.1, 0.15) is 99.5 Å². The van der Waals surface area contributed by atoms with Crippen LogP contribution in [0.15, 0.2) is 30.3 Å². The highest BCUT2D eigenvalue weighted by atomic mass is 16.5. The van der Waals surface area contributed by atoms with Gasteiger partial charge < -0.3 is 54.9 Å². The molecule has 7 amide bonds. The Bertz CT molecular complexity index is 2050. The number of ether oxygens (including phenoxy) is 3. The molecule has 2 rings (SSSR count). The Morgan fingerprint density at radius 2 is 1.44 bits per heavy atom. The van der Waals surface area contributed by atoms with E-state index in [-0.39, 0.29) is 50.6 Å². The van der Waals surface area contributed by atoms with Crippen molar-refractivity contribution < 1.29 is 62.5 Å². The molecule has 0 radical (unpaired) electrons. The smallest absolute Gasteiger partial charge is 0.328 e. The summed E-state index contributed by atoms with van der Waals surface area (Å²) in [5.74, 6) is -5.38. The van der Waals surface area contributed by atoms with E-state index in [4.69, 9.17) is 25.7 Å². The summed E-state index contributed by atoms with van der Waals surface area (Å²) in [6.45, 7) is 14.1. The Morgan fingerprint density at radius 1 is 0.819 bits per heavy atom. The molecule has 1 fully saturated rings. The van der Waals surface area contributed by atoms with Gasteiger partial charge in [0.15, 0.2) is 0 Å². The summed E-state index contributed by atoms with van der Waals surface area (Å²) in [7, 11) is 7.27.